The molecule has 1 N–H and O–H groups in total. The molecule has 6 nitrogen and oxygen atoms in total. The van der Waals surface area contributed by atoms with Gasteiger partial charge in [-0.3, -0.25) is 4.79 Å². The van der Waals surface area contributed by atoms with Crippen LogP contribution in [0.15, 0.2) is 47.4 Å². The number of sulfone groups is 1. The standard InChI is InChI=1S/C22H24Cl2FN3O3S/c23-19-3-1-4-20(22(19)24)32(30,31)16-27-12-2-5-21(29)28(14-11-25)13-10-17-6-8-18(15-26)9-7-17/h1,3-4,6-9,27H,2,5,10-14,16H2. The number of carbonyl (C=O) groups is 1. The van der Waals surface area contributed by atoms with Gasteiger partial charge in [-0.25, -0.2) is 12.8 Å². The molecule has 2 aromatic rings. The topological polar surface area (TPSA) is 90.3 Å². The third kappa shape index (κ3) is 7.75. The Kier molecular flexibility index (Phi) is 10.4. The van der Waals surface area contributed by atoms with Crippen LogP contribution in [0.25, 0.3) is 0 Å². The van der Waals surface area contributed by atoms with E-state index in [0.29, 0.717) is 31.5 Å². The molecule has 0 atom stereocenters. The van der Waals surface area contributed by atoms with Crippen molar-refractivity contribution < 1.29 is 17.6 Å². The Hall–Kier alpha value is -2.18. The summed E-state index contributed by atoms with van der Waals surface area (Å²) in [5.74, 6) is -0.535. The average molecular weight is 500 g/mol. The summed E-state index contributed by atoms with van der Waals surface area (Å²) in [5.41, 5.74) is 1.50. The first-order valence-electron chi connectivity index (χ1n) is 9.98. The third-order valence-corrected chi connectivity index (χ3v) is 7.27. The molecule has 10 heteroatoms. The van der Waals surface area contributed by atoms with Crippen LogP contribution in [-0.4, -0.2) is 51.4 Å². The molecule has 0 bridgehead atoms. The summed E-state index contributed by atoms with van der Waals surface area (Å²) in [4.78, 5) is 13.9. The van der Waals surface area contributed by atoms with Crippen LogP contribution in [-0.2, 0) is 21.1 Å². The van der Waals surface area contributed by atoms with E-state index in [9.17, 15) is 17.6 Å². The number of alkyl halides is 1. The largest absolute Gasteiger partial charge is 0.340 e. The predicted molar refractivity (Wildman–Crippen MR) is 123 cm³/mol. The van der Waals surface area contributed by atoms with Gasteiger partial charge >= 0.3 is 0 Å². The van der Waals surface area contributed by atoms with Crippen molar-refractivity contribution in [2.75, 3.05) is 32.2 Å². The molecule has 0 aliphatic rings. The fraction of sp³-hybridized carbons (Fsp3) is 0.364. The van der Waals surface area contributed by atoms with Gasteiger partial charge in [-0.05, 0) is 49.2 Å². The zero-order valence-corrected chi connectivity index (χ0v) is 19.7. The molecule has 0 fully saturated rings. The Morgan fingerprint density at radius 3 is 2.50 bits per heavy atom. The van der Waals surface area contributed by atoms with Crippen LogP contribution in [0, 0.1) is 11.3 Å². The normalized spacial score (nSPS) is 11.2. The Balaban J connectivity index is 1.79. The van der Waals surface area contributed by atoms with E-state index in [-0.39, 0.29) is 39.7 Å². The molecule has 0 unspecified atom stereocenters. The number of nitriles is 1. The first-order chi connectivity index (χ1) is 15.3. The molecular formula is C22H24Cl2FN3O3S. The van der Waals surface area contributed by atoms with Gasteiger partial charge in [-0.15, -0.1) is 0 Å². The third-order valence-electron chi connectivity index (χ3n) is 4.75. The maximum absolute atomic E-state index is 12.9. The molecule has 0 aromatic heterocycles. The molecule has 0 spiro atoms. The zero-order chi connectivity index (χ0) is 23.6. The van der Waals surface area contributed by atoms with Gasteiger partial charge in [0, 0.05) is 19.5 Å². The van der Waals surface area contributed by atoms with Crippen molar-refractivity contribution in [2.45, 2.75) is 24.2 Å². The summed E-state index contributed by atoms with van der Waals surface area (Å²) in [6.07, 6.45) is 1.12. The first kappa shape index (κ1) is 26.1. The lowest BCUT2D eigenvalue weighted by Gasteiger charge is -2.21. The predicted octanol–water partition coefficient (Wildman–Crippen LogP) is 4.01. The fourth-order valence-electron chi connectivity index (χ4n) is 3.00. The highest BCUT2D eigenvalue weighted by atomic mass is 35.5. The van der Waals surface area contributed by atoms with Crippen molar-refractivity contribution in [2.24, 2.45) is 0 Å². The van der Waals surface area contributed by atoms with E-state index in [1.54, 1.807) is 12.1 Å². The number of halogens is 3. The Morgan fingerprint density at radius 1 is 1.12 bits per heavy atom. The van der Waals surface area contributed by atoms with Gasteiger partial charge in [0.2, 0.25) is 5.91 Å². The highest BCUT2D eigenvalue weighted by molar-refractivity contribution is 7.91. The highest BCUT2D eigenvalue weighted by Gasteiger charge is 2.19. The number of carbonyl (C=O) groups excluding carboxylic acids is 1. The summed E-state index contributed by atoms with van der Waals surface area (Å²) >= 11 is 11.9. The molecule has 2 rings (SSSR count). The molecule has 172 valence electrons. The van der Waals surface area contributed by atoms with Gasteiger partial charge in [0.05, 0.1) is 26.6 Å². The number of amides is 1. The van der Waals surface area contributed by atoms with Crippen molar-refractivity contribution in [3.8, 4) is 6.07 Å². The van der Waals surface area contributed by atoms with Gasteiger partial charge < -0.3 is 10.2 Å². The van der Waals surface area contributed by atoms with Crippen LogP contribution in [0.5, 0.6) is 0 Å². The van der Waals surface area contributed by atoms with E-state index >= 15 is 0 Å². The second-order valence-electron chi connectivity index (χ2n) is 7.04. The van der Waals surface area contributed by atoms with Crippen LogP contribution in [0.3, 0.4) is 0 Å². The smallest absolute Gasteiger partial charge is 0.222 e. The number of nitrogens with zero attached hydrogens (tertiary/aromatic N) is 2. The minimum Gasteiger partial charge on any atom is -0.340 e. The molecule has 0 radical (unpaired) electrons. The van der Waals surface area contributed by atoms with Gasteiger partial charge in [0.1, 0.15) is 12.6 Å². The van der Waals surface area contributed by atoms with E-state index in [0.717, 1.165) is 5.56 Å². The number of nitrogens with one attached hydrogen (secondary N) is 1. The van der Waals surface area contributed by atoms with Crippen molar-refractivity contribution in [1.82, 2.24) is 10.2 Å². The molecule has 0 saturated carbocycles. The Labute approximate surface area is 197 Å². The van der Waals surface area contributed by atoms with E-state index in [1.807, 2.05) is 18.2 Å². The molecule has 0 aliphatic heterocycles. The Bertz CT molecular complexity index is 1060. The van der Waals surface area contributed by atoms with E-state index in [1.165, 1.54) is 23.1 Å². The second kappa shape index (κ2) is 12.8. The summed E-state index contributed by atoms with van der Waals surface area (Å²) in [6.45, 7) is 0.0200. The maximum Gasteiger partial charge on any atom is 0.222 e. The van der Waals surface area contributed by atoms with Crippen LogP contribution >= 0.6 is 23.2 Å². The van der Waals surface area contributed by atoms with E-state index in [4.69, 9.17) is 28.5 Å². The van der Waals surface area contributed by atoms with Gasteiger partial charge in [0.25, 0.3) is 0 Å². The first-order valence-corrected chi connectivity index (χ1v) is 12.4. The monoisotopic (exact) mass is 499 g/mol. The minimum atomic E-state index is -3.68. The van der Waals surface area contributed by atoms with Crippen LogP contribution in [0.1, 0.15) is 24.0 Å². The Morgan fingerprint density at radius 2 is 1.84 bits per heavy atom. The van der Waals surface area contributed by atoms with Gasteiger partial charge in [-0.1, -0.05) is 41.4 Å². The van der Waals surface area contributed by atoms with Gasteiger partial charge in [-0.2, -0.15) is 5.26 Å². The van der Waals surface area contributed by atoms with E-state index < -0.39 is 16.5 Å². The second-order valence-corrected chi connectivity index (χ2v) is 9.79. The molecule has 0 aliphatic carbocycles. The van der Waals surface area contributed by atoms with Crippen molar-refractivity contribution in [3.63, 3.8) is 0 Å². The quantitative estimate of drug-likeness (QED) is 0.445. The van der Waals surface area contributed by atoms with Crippen LogP contribution < -0.4 is 5.32 Å². The maximum atomic E-state index is 12.9. The SMILES string of the molecule is N#Cc1ccc(CCN(CCF)C(=O)CCCNCS(=O)(=O)c2cccc(Cl)c2Cl)cc1. The summed E-state index contributed by atoms with van der Waals surface area (Å²) in [6, 6.07) is 13.5. The van der Waals surface area contributed by atoms with E-state index in [2.05, 4.69) is 5.32 Å². The lowest BCUT2D eigenvalue weighted by atomic mass is 10.1. The highest BCUT2D eigenvalue weighted by Crippen LogP contribution is 2.29. The summed E-state index contributed by atoms with van der Waals surface area (Å²) < 4.78 is 37.7. The lowest BCUT2D eigenvalue weighted by Crippen LogP contribution is -2.35. The van der Waals surface area contributed by atoms with Gasteiger partial charge in [0.15, 0.2) is 9.84 Å². The number of rotatable bonds is 12. The molecule has 0 heterocycles. The molecule has 0 saturated heterocycles. The summed E-state index contributed by atoms with van der Waals surface area (Å²) in [7, 11) is -3.68. The van der Waals surface area contributed by atoms with Crippen LogP contribution in [0.4, 0.5) is 4.39 Å². The molecule has 2 aromatic carbocycles. The van der Waals surface area contributed by atoms with Crippen molar-refractivity contribution in [3.05, 3.63) is 63.6 Å². The lowest BCUT2D eigenvalue weighted by molar-refractivity contribution is -0.131. The average Bonchev–Trinajstić information content (AvgIpc) is 2.78. The number of hydrogen-bond acceptors (Lipinski definition) is 5. The summed E-state index contributed by atoms with van der Waals surface area (Å²) in [5, 5.41) is 11.8. The number of hydrogen-bond donors (Lipinski definition) is 1. The number of benzene rings is 2. The fourth-order valence-corrected chi connectivity index (χ4v) is 4.95. The zero-order valence-electron chi connectivity index (χ0n) is 17.4. The molecule has 32 heavy (non-hydrogen) atoms. The molecular weight excluding hydrogens is 476 g/mol. The van der Waals surface area contributed by atoms with Crippen molar-refractivity contribution >= 4 is 38.9 Å². The molecule has 1 amide bonds. The minimum absolute atomic E-state index is 0.00415. The van der Waals surface area contributed by atoms with Crippen molar-refractivity contribution in [1.29, 1.82) is 5.26 Å². The van der Waals surface area contributed by atoms with Crippen LogP contribution in [0.2, 0.25) is 10.0 Å².